The molecule has 1 nitrogen and oxygen atoms in total. The minimum atomic E-state index is 0.739. The van der Waals surface area contributed by atoms with Gasteiger partial charge in [-0.05, 0) is 55.8 Å². The summed E-state index contributed by atoms with van der Waals surface area (Å²) in [7, 11) is 0. The van der Waals surface area contributed by atoms with E-state index >= 15 is 0 Å². The highest BCUT2D eigenvalue weighted by atomic mass is 14.9. The molecule has 1 N–H and O–H groups in total. The van der Waals surface area contributed by atoms with Gasteiger partial charge in [-0.3, -0.25) is 0 Å². The fourth-order valence-corrected chi connectivity index (χ4v) is 2.15. The third-order valence-electron chi connectivity index (χ3n) is 3.30. The van der Waals surface area contributed by atoms with E-state index in [2.05, 4.69) is 37.4 Å². The first kappa shape index (κ1) is 9.72. The lowest BCUT2D eigenvalue weighted by Gasteiger charge is -2.23. The van der Waals surface area contributed by atoms with Crippen LogP contribution in [0.25, 0.3) is 0 Å². The predicted octanol–water partition coefficient (Wildman–Crippen LogP) is 2.77. The molecule has 1 atom stereocenters. The molecule has 0 bridgehead atoms. The number of hydrogen-bond donors (Lipinski definition) is 1. The molecule has 0 unspecified atom stereocenters. The standard InChI is InChI=1S/C13H19N/c1-10-5-6-12(8-11(10)2)13-4-3-7-14-9-13/h5-6,8,13-14H,3-4,7,9H2,1-2H3/t13-/m0/s1. The highest BCUT2D eigenvalue weighted by Crippen LogP contribution is 2.24. The van der Waals surface area contributed by atoms with Crippen LogP contribution in [0.2, 0.25) is 0 Å². The SMILES string of the molecule is Cc1ccc([C@H]2CCCNC2)cc1C. The van der Waals surface area contributed by atoms with Crippen LogP contribution in [-0.4, -0.2) is 13.1 Å². The quantitative estimate of drug-likeness (QED) is 0.716. The highest BCUT2D eigenvalue weighted by molar-refractivity contribution is 5.32. The van der Waals surface area contributed by atoms with Crippen LogP contribution in [-0.2, 0) is 0 Å². The van der Waals surface area contributed by atoms with E-state index in [4.69, 9.17) is 0 Å². The van der Waals surface area contributed by atoms with E-state index in [-0.39, 0.29) is 0 Å². The number of aryl methyl sites for hydroxylation is 2. The molecule has 1 saturated heterocycles. The molecular weight excluding hydrogens is 170 g/mol. The molecule has 1 aromatic carbocycles. The summed E-state index contributed by atoms with van der Waals surface area (Å²) in [6.07, 6.45) is 2.66. The highest BCUT2D eigenvalue weighted by Gasteiger charge is 2.14. The third kappa shape index (κ3) is 1.98. The lowest BCUT2D eigenvalue weighted by molar-refractivity contribution is 0.461. The normalized spacial score (nSPS) is 22.3. The van der Waals surface area contributed by atoms with Crippen molar-refractivity contribution in [1.82, 2.24) is 5.32 Å². The van der Waals surface area contributed by atoms with E-state index in [1.165, 1.54) is 36.1 Å². The van der Waals surface area contributed by atoms with Crippen LogP contribution in [0.1, 0.15) is 35.4 Å². The first-order valence-electron chi connectivity index (χ1n) is 5.55. The molecule has 0 amide bonds. The van der Waals surface area contributed by atoms with Gasteiger partial charge in [-0.2, -0.15) is 0 Å². The topological polar surface area (TPSA) is 12.0 Å². The van der Waals surface area contributed by atoms with Gasteiger partial charge in [-0.1, -0.05) is 18.2 Å². The van der Waals surface area contributed by atoms with Crippen molar-refractivity contribution in [2.24, 2.45) is 0 Å². The number of nitrogens with one attached hydrogen (secondary N) is 1. The maximum absolute atomic E-state index is 3.47. The average molecular weight is 189 g/mol. The number of rotatable bonds is 1. The van der Waals surface area contributed by atoms with Crippen molar-refractivity contribution in [1.29, 1.82) is 0 Å². The zero-order valence-corrected chi connectivity index (χ0v) is 9.14. The van der Waals surface area contributed by atoms with E-state index in [1.807, 2.05) is 0 Å². The van der Waals surface area contributed by atoms with Crippen molar-refractivity contribution in [3.63, 3.8) is 0 Å². The first-order valence-corrected chi connectivity index (χ1v) is 5.55. The molecule has 0 aliphatic carbocycles. The summed E-state index contributed by atoms with van der Waals surface area (Å²) >= 11 is 0. The van der Waals surface area contributed by atoms with Gasteiger partial charge < -0.3 is 5.32 Å². The Hall–Kier alpha value is -0.820. The molecule has 0 radical (unpaired) electrons. The zero-order chi connectivity index (χ0) is 9.97. The summed E-state index contributed by atoms with van der Waals surface area (Å²) in [5.41, 5.74) is 4.34. The Morgan fingerprint density at radius 3 is 2.71 bits per heavy atom. The summed E-state index contributed by atoms with van der Waals surface area (Å²) in [5.74, 6) is 0.739. The maximum atomic E-state index is 3.47. The summed E-state index contributed by atoms with van der Waals surface area (Å²) in [5, 5.41) is 3.47. The van der Waals surface area contributed by atoms with Gasteiger partial charge in [-0.15, -0.1) is 0 Å². The Labute approximate surface area is 86.5 Å². The Bertz CT molecular complexity index is 311. The van der Waals surface area contributed by atoms with Crippen molar-refractivity contribution in [3.8, 4) is 0 Å². The Kier molecular flexibility index (Phi) is 2.87. The zero-order valence-electron chi connectivity index (χ0n) is 9.14. The Morgan fingerprint density at radius 1 is 1.21 bits per heavy atom. The Morgan fingerprint density at radius 2 is 2.07 bits per heavy atom. The first-order chi connectivity index (χ1) is 6.77. The molecule has 1 heteroatoms. The summed E-state index contributed by atoms with van der Waals surface area (Å²) in [4.78, 5) is 0. The van der Waals surface area contributed by atoms with E-state index in [0.29, 0.717) is 0 Å². The van der Waals surface area contributed by atoms with Crippen LogP contribution < -0.4 is 5.32 Å². The van der Waals surface area contributed by atoms with Crippen LogP contribution in [0.4, 0.5) is 0 Å². The maximum Gasteiger partial charge on any atom is 0.00201 e. The minimum absolute atomic E-state index is 0.739. The molecular formula is C13H19N. The smallest absolute Gasteiger partial charge is 0.00201 e. The second-order valence-electron chi connectivity index (χ2n) is 4.39. The van der Waals surface area contributed by atoms with Crippen molar-refractivity contribution in [2.45, 2.75) is 32.6 Å². The van der Waals surface area contributed by atoms with Gasteiger partial charge in [-0.25, -0.2) is 0 Å². The van der Waals surface area contributed by atoms with E-state index < -0.39 is 0 Å². The average Bonchev–Trinajstić information content (AvgIpc) is 2.23. The lowest BCUT2D eigenvalue weighted by atomic mass is 9.90. The molecule has 1 aromatic rings. The summed E-state index contributed by atoms with van der Waals surface area (Å²) in [6, 6.07) is 6.90. The largest absolute Gasteiger partial charge is 0.316 e. The van der Waals surface area contributed by atoms with Crippen LogP contribution >= 0.6 is 0 Å². The van der Waals surface area contributed by atoms with Gasteiger partial charge in [0.2, 0.25) is 0 Å². The number of hydrogen-bond acceptors (Lipinski definition) is 1. The molecule has 0 saturated carbocycles. The molecule has 1 heterocycles. The molecule has 14 heavy (non-hydrogen) atoms. The van der Waals surface area contributed by atoms with Crippen LogP contribution in [0.15, 0.2) is 18.2 Å². The second-order valence-corrected chi connectivity index (χ2v) is 4.39. The third-order valence-corrected chi connectivity index (χ3v) is 3.30. The van der Waals surface area contributed by atoms with Crippen molar-refractivity contribution >= 4 is 0 Å². The van der Waals surface area contributed by atoms with Crippen molar-refractivity contribution < 1.29 is 0 Å². The van der Waals surface area contributed by atoms with Crippen LogP contribution in [0.3, 0.4) is 0 Å². The van der Waals surface area contributed by atoms with Gasteiger partial charge in [0, 0.05) is 6.54 Å². The number of benzene rings is 1. The molecule has 1 fully saturated rings. The molecule has 0 spiro atoms. The Balaban J connectivity index is 2.18. The number of piperidine rings is 1. The second kappa shape index (κ2) is 4.14. The van der Waals surface area contributed by atoms with Gasteiger partial charge in [0.05, 0.1) is 0 Å². The van der Waals surface area contributed by atoms with Gasteiger partial charge >= 0.3 is 0 Å². The van der Waals surface area contributed by atoms with E-state index in [0.717, 1.165) is 12.5 Å². The van der Waals surface area contributed by atoms with Crippen molar-refractivity contribution in [3.05, 3.63) is 34.9 Å². The summed E-state index contributed by atoms with van der Waals surface area (Å²) < 4.78 is 0. The van der Waals surface area contributed by atoms with Gasteiger partial charge in [0.1, 0.15) is 0 Å². The molecule has 1 aliphatic rings. The molecule has 0 aromatic heterocycles. The monoisotopic (exact) mass is 189 g/mol. The van der Waals surface area contributed by atoms with Gasteiger partial charge in [0.15, 0.2) is 0 Å². The van der Waals surface area contributed by atoms with Gasteiger partial charge in [0.25, 0.3) is 0 Å². The minimum Gasteiger partial charge on any atom is -0.316 e. The van der Waals surface area contributed by atoms with Crippen molar-refractivity contribution in [2.75, 3.05) is 13.1 Å². The molecule has 2 rings (SSSR count). The fourth-order valence-electron chi connectivity index (χ4n) is 2.15. The summed E-state index contributed by atoms with van der Waals surface area (Å²) in [6.45, 7) is 6.73. The molecule has 76 valence electrons. The lowest BCUT2D eigenvalue weighted by Crippen LogP contribution is -2.28. The van der Waals surface area contributed by atoms with Crippen LogP contribution in [0, 0.1) is 13.8 Å². The van der Waals surface area contributed by atoms with Crippen LogP contribution in [0.5, 0.6) is 0 Å². The van der Waals surface area contributed by atoms with E-state index in [9.17, 15) is 0 Å². The predicted molar refractivity (Wildman–Crippen MR) is 60.8 cm³/mol. The molecule has 1 aliphatic heterocycles. The fraction of sp³-hybridized carbons (Fsp3) is 0.538. The van der Waals surface area contributed by atoms with E-state index in [1.54, 1.807) is 0 Å².